The van der Waals surface area contributed by atoms with Gasteiger partial charge in [-0.3, -0.25) is 14.9 Å². The molecule has 0 spiro atoms. The fourth-order valence-corrected chi connectivity index (χ4v) is 2.27. The zero-order chi connectivity index (χ0) is 16.1. The average Bonchev–Trinajstić information content (AvgIpc) is 2.89. The van der Waals surface area contributed by atoms with E-state index in [-0.39, 0.29) is 23.8 Å². The number of hydrogen-bond acceptors (Lipinski definition) is 8. The number of aryl methyl sites for hydroxylation is 1. The highest BCUT2D eigenvalue weighted by atomic mass is 32.2. The summed E-state index contributed by atoms with van der Waals surface area (Å²) in [4.78, 5) is 21.8. The first-order chi connectivity index (χ1) is 10.5. The van der Waals surface area contributed by atoms with Crippen LogP contribution in [0, 0.1) is 10.1 Å². The molecule has 1 heterocycles. The summed E-state index contributed by atoms with van der Waals surface area (Å²) in [6.07, 6.45) is 0. The van der Waals surface area contributed by atoms with Crippen LogP contribution in [0.15, 0.2) is 23.4 Å². The van der Waals surface area contributed by atoms with Crippen molar-refractivity contribution in [2.75, 3.05) is 5.75 Å². The highest BCUT2D eigenvalue weighted by Gasteiger charge is 2.16. The van der Waals surface area contributed by atoms with Crippen LogP contribution in [-0.4, -0.2) is 41.9 Å². The van der Waals surface area contributed by atoms with E-state index in [4.69, 9.17) is 0 Å². The third-order valence-corrected chi connectivity index (χ3v) is 3.70. The van der Waals surface area contributed by atoms with E-state index in [1.54, 1.807) is 7.05 Å². The van der Waals surface area contributed by atoms with Gasteiger partial charge < -0.3 is 10.4 Å². The molecule has 0 bridgehead atoms. The number of nitrogens with zero attached hydrogens (tertiary/aromatic N) is 5. The maximum atomic E-state index is 11.7. The van der Waals surface area contributed by atoms with Crippen molar-refractivity contribution in [3.05, 3.63) is 33.9 Å². The summed E-state index contributed by atoms with van der Waals surface area (Å²) >= 11 is 1.15. The van der Waals surface area contributed by atoms with E-state index in [1.165, 1.54) is 22.9 Å². The normalized spacial score (nSPS) is 10.4. The Labute approximate surface area is 128 Å². The number of para-hydroxylation sites is 1. The molecule has 2 aromatic rings. The van der Waals surface area contributed by atoms with Gasteiger partial charge in [0.25, 0.3) is 0 Å². The van der Waals surface area contributed by atoms with E-state index in [9.17, 15) is 20.0 Å². The molecule has 0 saturated heterocycles. The van der Waals surface area contributed by atoms with Crippen molar-refractivity contribution < 1.29 is 14.8 Å². The molecule has 0 atom stereocenters. The van der Waals surface area contributed by atoms with Gasteiger partial charge in [-0.25, -0.2) is 4.68 Å². The van der Waals surface area contributed by atoms with E-state index in [0.717, 1.165) is 11.8 Å². The standard InChI is InChI=1S/C11H12N6O4S/c1-16-11(13-14-15-16)22-6-9(18)12-5-7-3-2-4-8(10(7)19)17(20)21/h2-4,19H,5-6H2,1H3,(H,12,18). The van der Waals surface area contributed by atoms with Crippen LogP contribution in [0.3, 0.4) is 0 Å². The molecule has 0 aliphatic rings. The number of nitro groups is 1. The second-order valence-corrected chi connectivity index (χ2v) is 5.13. The molecule has 0 aliphatic heterocycles. The zero-order valence-electron chi connectivity index (χ0n) is 11.5. The number of nitro benzene ring substituents is 1. The molecule has 0 fully saturated rings. The first-order valence-corrected chi connectivity index (χ1v) is 7.04. The van der Waals surface area contributed by atoms with Crippen LogP contribution < -0.4 is 5.32 Å². The fraction of sp³-hybridized carbons (Fsp3) is 0.273. The highest BCUT2D eigenvalue weighted by Crippen LogP contribution is 2.29. The monoisotopic (exact) mass is 324 g/mol. The number of carbonyl (C=O) groups is 1. The van der Waals surface area contributed by atoms with Crippen molar-refractivity contribution in [1.82, 2.24) is 25.5 Å². The molecular formula is C11H12N6O4S. The topological polar surface area (TPSA) is 136 Å². The van der Waals surface area contributed by atoms with Crippen molar-refractivity contribution in [3.63, 3.8) is 0 Å². The molecule has 1 aromatic heterocycles. The van der Waals surface area contributed by atoms with E-state index in [2.05, 4.69) is 20.8 Å². The fourth-order valence-electron chi connectivity index (χ4n) is 1.59. The van der Waals surface area contributed by atoms with Gasteiger partial charge in [0.15, 0.2) is 5.75 Å². The lowest BCUT2D eigenvalue weighted by atomic mass is 10.1. The Bertz CT molecular complexity index is 704. The Balaban J connectivity index is 1.90. The number of phenols is 1. The first kappa shape index (κ1) is 15.7. The lowest BCUT2D eigenvalue weighted by Gasteiger charge is -2.07. The Hall–Kier alpha value is -2.69. The molecule has 0 aliphatic carbocycles. The van der Waals surface area contributed by atoms with Gasteiger partial charge in [0.05, 0.1) is 10.7 Å². The largest absolute Gasteiger partial charge is 0.502 e. The molecule has 1 amide bonds. The van der Waals surface area contributed by atoms with Gasteiger partial charge in [0.2, 0.25) is 11.1 Å². The van der Waals surface area contributed by atoms with Gasteiger partial charge in [-0.05, 0) is 10.4 Å². The summed E-state index contributed by atoms with van der Waals surface area (Å²) in [5.41, 5.74) is -0.126. The number of rotatable bonds is 6. The number of thioether (sulfide) groups is 1. The van der Waals surface area contributed by atoms with Crippen LogP contribution in [0.1, 0.15) is 5.56 Å². The van der Waals surface area contributed by atoms with E-state index in [0.29, 0.717) is 5.16 Å². The lowest BCUT2D eigenvalue weighted by molar-refractivity contribution is -0.385. The predicted molar refractivity (Wildman–Crippen MR) is 76.1 cm³/mol. The summed E-state index contributed by atoms with van der Waals surface area (Å²) in [6.45, 7) is -0.00995. The molecule has 0 radical (unpaired) electrons. The molecule has 0 unspecified atom stereocenters. The number of aromatic hydroxyl groups is 1. The summed E-state index contributed by atoms with van der Waals surface area (Å²) < 4.78 is 1.43. The Morgan fingerprint density at radius 3 is 2.95 bits per heavy atom. The number of carbonyl (C=O) groups excluding carboxylic acids is 1. The van der Waals surface area contributed by atoms with Crippen LogP contribution >= 0.6 is 11.8 Å². The van der Waals surface area contributed by atoms with Gasteiger partial charge in [-0.1, -0.05) is 23.9 Å². The van der Waals surface area contributed by atoms with Crippen LogP contribution in [-0.2, 0) is 18.4 Å². The van der Waals surface area contributed by atoms with Gasteiger partial charge in [-0.2, -0.15) is 0 Å². The Morgan fingerprint density at radius 2 is 2.32 bits per heavy atom. The third kappa shape index (κ3) is 3.69. The van der Waals surface area contributed by atoms with Crippen LogP contribution in [0.25, 0.3) is 0 Å². The average molecular weight is 324 g/mol. The van der Waals surface area contributed by atoms with Crippen molar-refractivity contribution in [3.8, 4) is 5.75 Å². The van der Waals surface area contributed by atoms with Crippen molar-refractivity contribution in [2.24, 2.45) is 7.05 Å². The number of nitrogens with one attached hydrogen (secondary N) is 1. The third-order valence-electron chi connectivity index (χ3n) is 2.68. The molecule has 10 nitrogen and oxygen atoms in total. The Kier molecular flexibility index (Phi) is 4.88. The summed E-state index contributed by atoms with van der Waals surface area (Å²) in [5.74, 6) is -0.666. The summed E-state index contributed by atoms with van der Waals surface area (Å²) in [6, 6.07) is 4.14. The van der Waals surface area contributed by atoms with Gasteiger partial charge >= 0.3 is 5.69 Å². The number of phenolic OH excluding ortho intramolecular Hbond substituents is 1. The molecule has 116 valence electrons. The number of hydrogen-bond donors (Lipinski definition) is 2. The van der Waals surface area contributed by atoms with Crippen LogP contribution in [0.2, 0.25) is 0 Å². The van der Waals surface area contributed by atoms with E-state index in [1.807, 2.05) is 0 Å². The summed E-state index contributed by atoms with van der Waals surface area (Å²) in [5, 5.41) is 34.3. The number of amides is 1. The maximum Gasteiger partial charge on any atom is 0.311 e. The highest BCUT2D eigenvalue weighted by molar-refractivity contribution is 7.99. The number of tetrazole rings is 1. The minimum Gasteiger partial charge on any atom is -0.502 e. The van der Waals surface area contributed by atoms with Gasteiger partial charge in [-0.15, -0.1) is 5.10 Å². The molecule has 2 rings (SSSR count). The molecular weight excluding hydrogens is 312 g/mol. The smallest absolute Gasteiger partial charge is 0.311 e. The second-order valence-electron chi connectivity index (χ2n) is 4.19. The molecule has 11 heteroatoms. The molecule has 22 heavy (non-hydrogen) atoms. The lowest BCUT2D eigenvalue weighted by Crippen LogP contribution is -2.24. The molecule has 1 aromatic carbocycles. The first-order valence-electron chi connectivity index (χ1n) is 6.06. The van der Waals surface area contributed by atoms with Gasteiger partial charge in [0.1, 0.15) is 0 Å². The van der Waals surface area contributed by atoms with Crippen LogP contribution in [0.4, 0.5) is 5.69 Å². The van der Waals surface area contributed by atoms with E-state index < -0.39 is 16.4 Å². The Morgan fingerprint density at radius 1 is 1.55 bits per heavy atom. The second kappa shape index (κ2) is 6.85. The van der Waals surface area contributed by atoms with Crippen molar-refractivity contribution in [2.45, 2.75) is 11.7 Å². The predicted octanol–water partition coefficient (Wildman–Crippen LogP) is 0.232. The van der Waals surface area contributed by atoms with Crippen molar-refractivity contribution >= 4 is 23.4 Å². The van der Waals surface area contributed by atoms with Crippen LogP contribution in [0.5, 0.6) is 5.75 Å². The number of aromatic nitrogens is 4. The minimum atomic E-state index is -0.683. The van der Waals surface area contributed by atoms with Gasteiger partial charge in [0, 0.05) is 25.2 Å². The SMILES string of the molecule is Cn1nnnc1SCC(=O)NCc1cccc([N+](=O)[O-])c1O. The van der Waals surface area contributed by atoms with Crippen molar-refractivity contribution in [1.29, 1.82) is 0 Å². The van der Waals surface area contributed by atoms with E-state index >= 15 is 0 Å². The number of benzene rings is 1. The zero-order valence-corrected chi connectivity index (χ0v) is 12.3. The summed E-state index contributed by atoms with van der Waals surface area (Å²) in [7, 11) is 1.65. The minimum absolute atomic E-state index is 0.00995. The maximum absolute atomic E-state index is 11.7. The molecule has 2 N–H and O–H groups in total. The molecule has 0 saturated carbocycles. The quantitative estimate of drug-likeness (QED) is 0.438.